The van der Waals surface area contributed by atoms with E-state index in [1.807, 2.05) is 30.3 Å². The first-order chi connectivity index (χ1) is 6.52. The first kappa shape index (κ1) is 10.8. The molecule has 0 fully saturated rings. The number of hydrogen-bond donors (Lipinski definition) is 0. The number of rotatable bonds is 3. The monoisotopic (exact) mass is 192 g/mol. The molecule has 1 rings (SSSR count). The van der Waals surface area contributed by atoms with Crippen LogP contribution in [0.3, 0.4) is 0 Å². The van der Waals surface area contributed by atoms with Gasteiger partial charge in [0, 0.05) is 12.3 Å². The van der Waals surface area contributed by atoms with Crippen molar-refractivity contribution in [2.45, 2.75) is 26.2 Å². The fourth-order valence-corrected chi connectivity index (χ4v) is 1.25. The summed E-state index contributed by atoms with van der Waals surface area (Å²) in [5, 5.41) is 0. The van der Waals surface area contributed by atoms with Crippen molar-refractivity contribution in [3.8, 4) is 0 Å². The molecule has 0 aliphatic rings. The molecule has 14 heavy (non-hydrogen) atoms. The Hall–Kier alpha value is -1.31. The molecule has 0 spiro atoms. The van der Waals surface area contributed by atoms with Crippen LogP contribution in [-0.2, 0) is 14.9 Å². The molecular formula is C12H16O2. The average Bonchev–Trinajstić information content (AvgIpc) is 2.16. The summed E-state index contributed by atoms with van der Waals surface area (Å²) >= 11 is 0. The van der Waals surface area contributed by atoms with Gasteiger partial charge in [-0.1, -0.05) is 44.2 Å². The van der Waals surface area contributed by atoms with Crippen molar-refractivity contribution in [3.63, 3.8) is 0 Å². The zero-order chi connectivity index (χ0) is 10.6. The van der Waals surface area contributed by atoms with Gasteiger partial charge in [0.15, 0.2) is 0 Å². The van der Waals surface area contributed by atoms with E-state index in [9.17, 15) is 4.79 Å². The van der Waals surface area contributed by atoms with E-state index in [0.717, 1.165) is 0 Å². The molecule has 0 aromatic heterocycles. The Morgan fingerprint density at radius 3 is 2.36 bits per heavy atom. The number of benzene rings is 1. The normalized spacial score (nSPS) is 11.1. The van der Waals surface area contributed by atoms with Gasteiger partial charge in [0.1, 0.15) is 6.61 Å². The second-order valence-corrected chi connectivity index (χ2v) is 4.03. The lowest BCUT2D eigenvalue weighted by molar-refractivity contribution is -0.142. The van der Waals surface area contributed by atoms with Gasteiger partial charge in [0.05, 0.1) is 0 Å². The average molecular weight is 192 g/mol. The molecule has 0 aliphatic heterocycles. The molecule has 2 nitrogen and oxygen atoms in total. The highest BCUT2D eigenvalue weighted by Gasteiger charge is 2.21. The lowest BCUT2D eigenvalue weighted by Gasteiger charge is -2.24. The number of ether oxygens (including phenoxy) is 1. The molecular weight excluding hydrogens is 176 g/mol. The molecule has 0 amide bonds. The Kier molecular flexibility index (Phi) is 3.28. The highest BCUT2D eigenvalue weighted by molar-refractivity contribution is 5.66. The largest absolute Gasteiger partial charge is 0.465 e. The SMILES string of the molecule is CC(=O)OCC(C)(C)c1ccccc1. The van der Waals surface area contributed by atoms with Crippen molar-refractivity contribution < 1.29 is 9.53 Å². The summed E-state index contributed by atoms with van der Waals surface area (Å²) in [5.41, 5.74) is 1.06. The minimum Gasteiger partial charge on any atom is -0.465 e. The van der Waals surface area contributed by atoms with Crippen LogP contribution in [0, 0.1) is 0 Å². The maximum Gasteiger partial charge on any atom is 0.302 e. The molecule has 76 valence electrons. The van der Waals surface area contributed by atoms with Crippen molar-refractivity contribution in [3.05, 3.63) is 35.9 Å². The van der Waals surface area contributed by atoms with E-state index in [-0.39, 0.29) is 11.4 Å². The van der Waals surface area contributed by atoms with Crippen LogP contribution in [0.15, 0.2) is 30.3 Å². The molecule has 0 heterocycles. The van der Waals surface area contributed by atoms with Gasteiger partial charge in [-0.05, 0) is 5.56 Å². The Labute approximate surface area is 84.9 Å². The van der Waals surface area contributed by atoms with Gasteiger partial charge in [-0.15, -0.1) is 0 Å². The quantitative estimate of drug-likeness (QED) is 0.688. The van der Waals surface area contributed by atoms with Gasteiger partial charge in [-0.3, -0.25) is 4.79 Å². The molecule has 2 heteroatoms. The first-order valence-electron chi connectivity index (χ1n) is 4.71. The molecule has 1 aromatic rings. The summed E-state index contributed by atoms with van der Waals surface area (Å²) in [5.74, 6) is -0.228. The Morgan fingerprint density at radius 2 is 1.86 bits per heavy atom. The molecule has 0 aliphatic carbocycles. The lowest BCUT2D eigenvalue weighted by atomic mass is 9.86. The topological polar surface area (TPSA) is 26.3 Å². The van der Waals surface area contributed by atoms with Crippen molar-refractivity contribution >= 4 is 5.97 Å². The summed E-state index contributed by atoms with van der Waals surface area (Å²) in [6, 6.07) is 10.0. The summed E-state index contributed by atoms with van der Waals surface area (Å²) in [6.45, 7) is 5.98. The predicted molar refractivity (Wildman–Crippen MR) is 56.1 cm³/mol. The number of esters is 1. The Balaban J connectivity index is 2.70. The van der Waals surface area contributed by atoms with Gasteiger partial charge in [-0.25, -0.2) is 0 Å². The molecule has 0 radical (unpaired) electrons. The summed E-state index contributed by atoms with van der Waals surface area (Å²) in [7, 11) is 0. The van der Waals surface area contributed by atoms with Gasteiger partial charge in [0.25, 0.3) is 0 Å². The van der Waals surface area contributed by atoms with Crippen LogP contribution >= 0.6 is 0 Å². The maximum absolute atomic E-state index is 10.7. The maximum atomic E-state index is 10.7. The van der Waals surface area contributed by atoms with E-state index >= 15 is 0 Å². The van der Waals surface area contributed by atoms with Crippen molar-refractivity contribution in [2.75, 3.05) is 6.61 Å². The molecule has 0 bridgehead atoms. The zero-order valence-electron chi connectivity index (χ0n) is 8.91. The lowest BCUT2D eigenvalue weighted by Crippen LogP contribution is -2.25. The van der Waals surface area contributed by atoms with E-state index in [2.05, 4.69) is 13.8 Å². The smallest absolute Gasteiger partial charge is 0.302 e. The second kappa shape index (κ2) is 4.27. The minimum absolute atomic E-state index is 0.118. The number of hydrogen-bond acceptors (Lipinski definition) is 2. The molecule has 0 atom stereocenters. The molecule has 0 unspecified atom stereocenters. The highest BCUT2D eigenvalue weighted by Crippen LogP contribution is 2.22. The van der Waals surface area contributed by atoms with Crippen LogP contribution in [0.2, 0.25) is 0 Å². The van der Waals surface area contributed by atoms with Gasteiger partial charge >= 0.3 is 5.97 Å². The minimum atomic E-state index is -0.228. The summed E-state index contributed by atoms with van der Waals surface area (Å²) in [6.07, 6.45) is 0. The summed E-state index contributed by atoms with van der Waals surface area (Å²) < 4.78 is 5.02. The van der Waals surface area contributed by atoms with Crippen LogP contribution in [0.5, 0.6) is 0 Å². The third kappa shape index (κ3) is 2.87. The van der Waals surface area contributed by atoms with Gasteiger partial charge in [0.2, 0.25) is 0 Å². The Bertz CT molecular complexity index is 301. The second-order valence-electron chi connectivity index (χ2n) is 4.03. The predicted octanol–water partition coefficient (Wildman–Crippen LogP) is 2.53. The van der Waals surface area contributed by atoms with Crippen LogP contribution in [0.25, 0.3) is 0 Å². The third-order valence-electron chi connectivity index (χ3n) is 2.19. The van der Waals surface area contributed by atoms with Crippen LogP contribution < -0.4 is 0 Å². The van der Waals surface area contributed by atoms with Crippen molar-refractivity contribution in [2.24, 2.45) is 0 Å². The van der Waals surface area contributed by atoms with E-state index in [4.69, 9.17) is 4.74 Å². The first-order valence-corrected chi connectivity index (χ1v) is 4.71. The van der Waals surface area contributed by atoms with Gasteiger partial charge < -0.3 is 4.74 Å². The van der Waals surface area contributed by atoms with E-state index in [1.165, 1.54) is 12.5 Å². The van der Waals surface area contributed by atoms with Crippen LogP contribution in [0.1, 0.15) is 26.3 Å². The summed E-state index contributed by atoms with van der Waals surface area (Å²) in [4.78, 5) is 10.7. The fraction of sp³-hybridized carbons (Fsp3) is 0.417. The van der Waals surface area contributed by atoms with Crippen LogP contribution in [-0.4, -0.2) is 12.6 Å². The Morgan fingerprint density at radius 1 is 1.29 bits per heavy atom. The molecule has 0 saturated heterocycles. The van der Waals surface area contributed by atoms with Gasteiger partial charge in [-0.2, -0.15) is 0 Å². The van der Waals surface area contributed by atoms with Crippen LogP contribution in [0.4, 0.5) is 0 Å². The van der Waals surface area contributed by atoms with E-state index in [0.29, 0.717) is 6.61 Å². The van der Waals surface area contributed by atoms with E-state index < -0.39 is 0 Å². The van der Waals surface area contributed by atoms with Crippen molar-refractivity contribution in [1.29, 1.82) is 0 Å². The van der Waals surface area contributed by atoms with Crippen molar-refractivity contribution in [1.82, 2.24) is 0 Å². The highest BCUT2D eigenvalue weighted by atomic mass is 16.5. The third-order valence-corrected chi connectivity index (χ3v) is 2.19. The standard InChI is InChI=1S/C12H16O2/c1-10(13)14-9-12(2,3)11-7-5-4-6-8-11/h4-8H,9H2,1-3H3. The molecule has 1 aromatic carbocycles. The number of carbonyl (C=O) groups is 1. The fourth-order valence-electron chi connectivity index (χ4n) is 1.25. The number of carbonyl (C=O) groups excluding carboxylic acids is 1. The molecule has 0 N–H and O–H groups in total. The molecule has 0 saturated carbocycles. The van der Waals surface area contributed by atoms with E-state index in [1.54, 1.807) is 0 Å². The zero-order valence-corrected chi connectivity index (χ0v) is 8.91.